The van der Waals surface area contributed by atoms with Crippen LogP contribution in [0.3, 0.4) is 0 Å². The number of hydrogen-bond acceptors (Lipinski definition) is 7. The summed E-state index contributed by atoms with van der Waals surface area (Å²) < 4.78 is 9.28. The van der Waals surface area contributed by atoms with Crippen LogP contribution in [0.1, 0.15) is 23.2 Å². The summed E-state index contributed by atoms with van der Waals surface area (Å²) in [6, 6.07) is 3.38. The average molecular weight is 283 g/mol. The first-order chi connectivity index (χ1) is 9.49. The molecule has 0 aliphatic heterocycles. The summed E-state index contributed by atoms with van der Waals surface area (Å²) in [5, 5.41) is 19.5. The normalized spacial score (nSPS) is 9.90. The molecule has 20 heavy (non-hydrogen) atoms. The molecule has 0 fully saturated rings. The van der Waals surface area contributed by atoms with E-state index in [1.165, 1.54) is 6.07 Å². The number of aliphatic hydroxyl groups is 1. The van der Waals surface area contributed by atoms with Crippen LogP contribution in [0.15, 0.2) is 18.2 Å². The Bertz CT molecular complexity index is 527. The summed E-state index contributed by atoms with van der Waals surface area (Å²) in [5.74, 6) is -1.69. The van der Waals surface area contributed by atoms with Gasteiger partial charge >= 0.3 is 17.6 Å². The van der Waals surface area contributed by atoms with E-state index in [0.717, 1.165) is 19.2 Å². The number of esters is 2. The molecular formula is C12H13NO7. The van der Waals surface area contributed by atoms with Crippen molar-refractivity contribution < 1.29 is 29.1 Å². The number of carbonyl (C=O) groups excluding carboxylic acids is 2. The van der Waals surface area contributed by atoms with E-state index in [4.69, 9.17) is 9.84 Å². The van der Waals surface area contributed by atoms with Crippen molar-refractivity contribution in [2.75, 3.05) is 13.7 Å². The van der Waals surface area contributed by atoms with E-state index in [9.17, 15) is 19.7 Å². The third-order valence-corrected chi connectivity index (χ3v) is 2.34. The number of nitro benzene ring substituents is 1. The van der Waals surface area contributed by atoms with Gasteiger partial charge in [0.1, 0.15) is 0 Å². The van der Waals surface area contributed by atoms with Crippen molar-refractivity contribution in [3.63, 3.8) is 0 Å². The van der Waals surface area contributed by atoms with Crippen LogP contribution in [0.2, 0.25) is 0 Å². The fourth-order valence-electron chi connectivity index (χ4n) is 1.39. The van der Waals surface area contributed by atoms with Crippen molar-refractivity contribution in [1.29, 1.82) is 0 Å². The van der Waals surface area contributed by atoms with E-state index in [2.05, 4.69) is 4.74 Å². The Hall–Kier alpha value is -2.48. The minimum absolute atomic E-state index is 0.0191. The molecule has 108 valence electrons. The summed E-state index contributed by atoms with van der Waals surface area (Å²) in [6.07, 6.45) is 0.138. The molecule has 0 aromatic heterocycles. The van der Waals surface area contributed by atoms with E-state index < -0.39 is 22.5 Å². The summed E-state index contributed by atoms with van der Waals surface area (Å²) >= 11 is 0. The molecule has 0 atom stereocenters. The number of rotatable bonds is 6. The molecule has 1 aromatic carbocycles. The molecule has 0 bridgehead atoms. The Morgan fingerprint density at radius 2 is 2.10 bits per heavy atom. The van der Waals surface area contributed by atoms with Gasteiger partial charge in [0, 0.05) is 19.1 Å². The highest BCUT2D eigenvalue weighted by molar-refractivity contribution is 5.90. The second-order valence-electron chi connectivity index (χ2n) is 3.73. The predicted octanol–water partition coefficient (Wildman–Crippen LogP) is 1.06. The van der Waals surface area contributed by atoms with Gasteiger partial charge in [-0.3, -0.25) is 14.9 Å². The molecule has 0 aliphatic rings. The van der Waals surface area contributed by atoms with Crippen LogP contribution < -0.4 is 4.74 Å². The van der Waals surface area contributed by atoms with Crippen LogP contribution in [0.25, 0.3) is 0 Å². The number of benzene rings is 1. The van der Waals surface area contributed by atoms with Crippen LogP contribution in [0.5, 0.6) is 5.75 Å². The Kier molecular flexibility index (Phi) is 5.60. The number of ether oxygens (including phenoxy) is 2. The number of nitro groups is 1. The first kappa shape index (κ1) is 15.6. The van der Waals surface area contributed by atoms with Crippen LogP contribution in [-0.4, -0.2) is 35.7 Å². The number of methoxy groups -OCH3 is 1. The molecule has 1 N–H and O–H groups in total. The Morgan fingerprint density at radius 1 is 1.40 bits per heavy atom. The van der Waals surface area contributed by atoms with Crippen LogP contribution in [0.4, 0.5) is 5.69 Å². The highest BCUT2D eigenvalue weighted by Gasteiger charge is 2.21. The van der Waals surface area contributed by atoms with E-state index >= 15 is 0 Å². The first-order valence-electron chi connectivity index (χ1n) is 5.68. The van der Waals surface area contributed by atoms with Crippen molar-refractivity contribution >= 4 is 17.6 Å². The summed E-state index contributed by atoms with van der Waals surface area (Å²) in [4.78, 5) is 32.8. The zero-order valence-corrected chi connectivity index (χ0v) is 10.7. The Morgan fingerprint density at radius 3 is 2.65 bits per heavy atom. The van der Waals surface area contributed by atoms with E-state index in [-0.39, 0.29) is 30.8 Å². The second-order valence-corrected chi connectivity index (χ2v) is 3.73. The maximum Gasteiger partial charge on any atom is 0.338 e. The highest BCUT2D eigenvalue weighted by atomic mass is 16.6. The van der Waals surface area contributed by atoms with Gasteiger partial charge in [0.15, 0.2) is 0 Å². The van der Waals surface area contributed by atoms with Crippen LogP contribution in [0, 0.1) is 10.1 Å². The topological polar surface area (TPSA) is 116 Å². The number of hydrogen-bond donors (Lipinski definition) is 1. The molecule has 1 aromatic rings. The molecule has 0 amide bonds. The lowest BCUT2D eigenvalue weighted by atomic mass is 10.2. The minimum Gasteiger partial charge on any atom is -0.465 e. The van der Waals surface area contributed by atoms with Crippen molar-refractivity contribution in [1.82, 2.24) is 0 Å². The van der Waals surface area contributed by atoms with Crippen molar-refractivity contribution in [3.05, 3.63) is 33.9 Å². The molecule has 0 radical (unpaired) electrons. The smallest absolute Gasteiger partial charge is 0.338 e. The monoisotopic (exact) mass is 283 g/mol. The van der Waals surface area contributed by atoms with Crippen molar-refractivity contribution in [3.8, 4) is 5.75 Å². The maximum atomic E-state index is 11.4. The zero-order chi connectivity index (χ0) is 15.1. The molecule has 0 unspecified atom stereocenters. The quantitative estimate of drug-likeness (QED) is 0.359. The SMILES string of the molecule is COC(=O)c1ccc(OC(=O)CCCO)c([N+](=O)[O-])c1. The molecule has 0 spiro atoms. The van der Waals surface area contributed by atoms with Crippen molar-refractivity contribution in [2.24, 2.45) is 0 Å². The third-order valence-electron chi connectivity index (χ3n) is 2.34. The number of carbonyl (C=O) groups is 2. The lowest BCUT2D eigenvalue weighted by Gasteiger charge is -2.06. The molecule has 0 saturated carbocycles. The van der Waals surface area contributed by atoms with E-state index in [0.29, 0.717) is 0 Å². The van der Waals surface area contributed by atoms with Gasteiger partial charge in [0.2, 0.25) is 5.75 Å². The average Bonchev–Trinajstić information content (AvgIpc) is 2.44. The minimum atomic E-state index is -0.763. The summed E-state index contributed by atoms with van der Waals surface area (Å²) in [7, 11) is 1.15. The molecular weight excluding hydrogens is 270 g/mol. The first-order valence-corrected chi connectivity index (χ1v) is 5.68. The van der Waals surface area contributed by atoms with Gasteiger partial charge in [-0.05, 0) is 18.6 Å². The highest BCUT2D eigenvalue weighted by Crippen LogP contribution is 2.28. The van der Waals surface area contributed by atoms with Crippen LogP contribution >= 0.6 is 0 Å². The molecule has 8 heteroatoms. The molecule has 0 saturated heterocycles. The molecule has 0 aliphatic carbocycles. The lowest BCUT2D eigenvalue weighted by Crippen LogP contribution is -2.10. The summed E-state index contributed by atoms with van der Waals surface area (Å²) in [6.45, 7) is -0.182. The third kappa shape index (κ3) is 4.02. The standard InChI is InChI=1S/C12H13NO7/c1-19-12(16)8-4-5-10(9(7-8)13(17)18)20-11(15)3-2-6-14/h4-5,7,14H,2-3,6H2,1H3. The fourth-order valence-corrected chi connectivity index (χ4v) is 1.39. The van der Waals surface area contributed by atoms with Crippen LogP contribution in [-0.2, 0) is 9.53 Å². The summed E-state index contributed by atoms with van der Waals surface area (Å²) in [5.41, 5.74) is -0.528. The van der Waals surface area contributed by atoms with Gasteiger partial charge in [0.25, 0.3) is 0 Å². The zero-order valence-electron chi connectivity index (χ0n) is 10.7. The van der Waals surface area contributed by atoms with Gasteiger partial charge in [-0.2, -0.15) is 0 Å². The number of nitrogens with zero attached hydrogens (tertiary/aromatic N) is 1. The lowest BCUT2D eigenvalue weighted by molar-refractivity contribution is -0.385. The Labute approximate surface area is 114 Å². The van der Waals surface area contributed by atoms with Gasteiger partial charge < -0.3 is 14.6 Å². The second kappa shape index (κ2) is 7.19. The largest absolute Gasteiger partial charge is 0.465 e. The van der Waals surface area contributed by atoms with Gasteiger partial charge in [-0.25, -0.2) is 4.79 Å². The number of aliphatic hydroxyl groups excluding tert-OH is 1. The van der Waals surface area contributed by atoms with E-state index in [1.807, 2.05) is 0 Å². The van der Waals surface area contributed by atoms with Crippen molar-refractivity contribution in [2.45, 2.75) is 12.8 Å². The maximum absolute atomic E-state index is 11.4. The van der Waals surface area contributed by atoms with Gasteiger partial charge in [0.05, 0.1) is 17.6 Å². The Balaban J connectivity index is 2.99. The van der Waals surface area contributed by atoms with E-state index in [1.54, 1.807) is 0 Å². The fraction of sp³-hybridized carbons (Fsp3) is 0.333. The molecule has 0 heterocycles. The van der Waals surface area contributed by atoms with Gasteiger partial charge in [-0.15, -0.1) is 0 Å². The predicted molar refractivity (Wildman–Crippen MR) is 66.4 cm³/mol. The van der Waals surface area contributed by atoms with Gasteiger partial charge in [-0.1, -0.05) is 0 Å². The molecule has 8 nitrogen and oxygen atoms in total. The molecule has 1 rings (SSSR count).